The van der Waals surface area contributed by atoms with Gasteiger partial charge in [-0.25, -0.2) is 0 Å². The van der Waals surface area contributed by atoms with Gasteiger partial charge in [-0.2, -0.15) is 0 Å². The van der Waals surface area contributed by atoms with Crippen LogP contribution in [0.25, 0.3) is 0 Å². The van der Waals surface area contributed by atoms with Crippen molar-refractivity contribution in [1.82, 2.24) is 16.0 Å². The van der Waals surface area contributed by atoms with E-state index in [1.165, 1.54) is 0 Å². The number of aliphatic hydroxyl groups is 1. The van der Waals surface area contributed by atoms with E-state index in [0.717, 1.165) is 38.2 Å². The van der Waals surface area contributed by atoms with Crippen LogP contribution in [0, 0.1) is 5.92 Å². The Hall–Kier alpha value is -1.30. The lowest BCUT2D eigenvalue weighted by Crippen LogP contribution is -2.47. The second-order valence-electron chi connectivity index (χ2n) is 5.85. The summed E-state index contributed by atoms with van der Waals surface area (Å²) < 4.78 is 0. The molecule has 6 nitrogen and oxygen atoms in total. The number of nitrogens with one attached hydrogen (secondary N) is 3. The first kappa shape index (κ1) is 17.8. The van der Waals surface area contributed by atoms with Crippen LogP contribution in [0.4, 0.5) is 0 Å². The molecule has 1 saturated carbocycles. The molecule has 21 heavy (non-hydrogen) atoms. The molecular formula is C15H30N4O2. The first-order valence-corrected chi connectivity index (χ1v) is 8.02. The molecule has 0 bridgehead atoms. The minimum absolute atomic E-state index is 0.0423. The highest BCUT2D eigenvalue weighted by Gasteiger charge is 2.27. The summed E-state index contributed by atoms with van der Waals surface area (Å²) in [7, 11) is 0. The molecule has 1 amide bonds. The summed E-state index contributed by atoms with van der Waals surface area (Å²) in [5, 5.41) is 18.4. The number of hydrogen-bond donors (Lipinski definition) is 4. The highest BCUT2D eigenvalue weighted by Crippen LogP contribution is 2.24. The molecular weight excluding hydrogens is 268 g/mol. The van der Waals surface area contributed by atoms with Crippen LogP contribution in [0.2, 0.25) is 0 Å². The molecule has 0 radical (unpaired) electrons. The quantitative estimate of drug-likeness (QED) is 0.428. The molecule has 2 unspecified atom stereocenters. The average Bonchev–Trinajstić information content (AvgIpc) is 2.44. The van der Waals surface area contributed by atoms with Crippen LogP contribution in [0.15, 0.2) is 4.99 Å². The number of carbonyl (C=O) groups is 1. The van der Waals surface area contributed by atoms with Crippen molar-refractivity contribution in [3.63, 3.8) is 0 Å². The van der Waals surface area contributed by atoms with Crippen molar-refractivity contribution in [3.05, 3.63) is 0 Å². The van der Waals surface area contributed by atoms with E-state index in [1.54, 1.807) is 0 Å². The van der Waals surface area contributed by atoms with Gasteiger partial charge in [0.05, 0.1) is 13.2 Å². The Morgan fingerprint density at radius 2 is 2.14 bits per heavy atom. The third-order valence-electron chi connectivity index (χ3n) is 3.53. The number of aliphatic hydroxyl groups excluding tert-OH is 1. The second kappa shape index (κ2) is 9.60. The molecule has 1 aliphatic carbocycles. The predicted molar refractivity (Wildman–Crippen MR) is 85.2 cm³/mol. The third kappa shape index (κ3) is 6.80. The van der Waals surface area contributed by atoms with E-state index in [-0.39, 0.29) is 30.5 Å². The lowest BCUT2D eigenvalue weighted by Gasteiger charge is -2.30. The molecule has 2 atom stereocenters. The number of aliphatic imine (C=N–C) groups is 1. The SMILES string of the molecule is CCNC(=NCCO)NC1CCCC(C(=O)NC(C)C)C1. The molecule has 0 aliphatic heterocycles. The molecule has 1 rings (SSSR count). The molecule has 0 aromatic rings. The van der Waals surface area contributed by atoms with E-state index in [1.807, 2.05) is 20.8 Å². The van der Waals surface area contributed by atoms with E-state index >= 15 is 0 Å². The first-order chi connectivity index (χ1) is 10.1. The Bertz CT molecular complexity index is 345. The normalized spacial score (nSPS) is 23.0. The van der Waals surface area contributed by atoms with Gasteiger partial charge in [-0.1, -0.05) is 6.42 Å². The van der Waals surface area contributed by atoms with Gasteiger partial charge in [0.1, 0.15) is 0 Å². The summed E-state index contributed by atoms with van der Waals surface area (Å²) in [4.78, 5) is 16.4. The van der Waals surface area contributed by atoms with Crippen LogP contribution in [0.1, 0.15) is 46.5 Å². The van der Waals surface area contributed by atoms with Crippen molar-refractivity contribution < 1.29 is 9.90 Å². The Morgan fingerprint density at radius 1 is 1.38 bits per heavy atom. The zero-order valence-electron chi connectivity index (χ0n) is 13.5. The fourth-order valence-electron chi connectivity index (χ4n) is 2.64. The summed E-state index contributed by atoms with van der Waals surface area (Å²) in [6.07, 6.45) is 3.89. The number of guanidine groups is 1. The zero-order valence-corrected chi connectivity index (χ0v) is 13.5. The summed E-state index contributed by atoms with van der Waals surface area (Å²) >= 11 is 0. The Morgan fingerprint density at radius 3 is 2.76 bits per heavy atom. The topological polar surface area (TPSA) is 85.8 Å². The lowest BCUT2D eigenvalue weighted by atomic mass is 9.85. The maximum absolute atomic E-state index is 12.1. The van der Waals surface area contributed by atoms with Gasteiger partial charge in [0.2, 0.25) is 5.91 Å². The fourth-order valence-corrected chi connectivity index (χ4v) is 2.64. The Kier molecular flexibility index (Phi) is 8.12. The lowest BCUT2D eigenvalue weighted by molar-refractivity contribution is -0.126. The van der Waals surface area contributed by atoms with Crippen molar-refractivity contribution in [1.29, 1.82) is 0 Å². The van der Waals surface area contributed by atoms with Crippen molar-refractivity contribution in [2.24, 2.45) is 10.9 Å². The van der Waals surface area contributed by atoms with E-state index < -0.39 is 0 Å². The predicted octanol–water partition coefficient (Wildman–Crippen LogP) is 0.617. The second-order valence-corrected chi connectivity index (χ2v) is 5.85. The van der Waals surface area contributed by atoms with Gasteiger partial charge in [-0.3, -0.25) is 9.79 Å². The number of carbonyl (C=O) groups excluding carboxylic acids is 1. The third-order valence-corrected chi connectivity index (χ3v) is 3.53. The summed E-state index contributed by atoms with van der Waals surface area (Å²) in [5.41, 5.74) is 0. The van der Waals surface area contributed by atoms with Gasteiger partial charge in [-0.15, -0.1) is 0 Å². The van der Waals surface area contributed by atoms with E-state index in [0.29, 0.717) is 6.54 Å². The molecule has 0 spiro atoms. The van der Waals surface area contributed by atoms with Crippen molar-refractivity contribution in [2.75, 3.05) is 19.7 Å². The number of nitrogens with zero attached hydrogens (tertiary/aromatic N) is 1. The largest absolute Gasteiger partial charge is 0.394 e. The van der Waals surface area contributed by atoms with Crippen LogP contribution in [-0.2, 0) is 4.79 Å². The van der Waals surface area contributed by atoms with Gasteiger partial charge >= 0.3 is 0 Å². The molecule has 0 saturated heterocycles. The molecule has 4 N–H and O–H groups in total. The van der Waals surface area contributed by atoms with Crippen molar-refractivity contribution >= 4 is 11.9 Å². The summed E-state index contributed by atoms with van der Waals surface area (Å²) in [6, 6.07) is 0.451. The van der Waals surface area contributed by atoms with Crippen LogP contribution in [0.3, 0.4) is 0 Å². The number of hydrogen-bond acceptors (Lipinski definition) is 3. The van der Waals surface area contributed by atoms with E-state index in [9.17, 15) is 4.79 Å². The number of rotatable bonds is 6. The first-order valence-electron chi connectivity index (χ1n) is 8.02. The smallest absolute Gasteiger partial charge is 0.223 e. The molecule has 1 fully saturated rings. The average molecular weight is 298 g/mol. The molecule has 6 heteroatoms. The summed E-state index contributed by atoms with van der Waals surface area (Å²) in [6.45, 7) is 7.19. The van der Waals surface area contributed by atoms with Crippen molar-refractivity contribution in [2.45, 2.75) is 58.5 Å². The fraction of sp³-hybridized carbons (Fsp3) is 0.867. The molecule has 1 aliphatic rings. The van der Waals surface area contributed by atoms with Crippen LogP contribution >= 0.6 is 0 Å². The maximum atomic E-state index is 12.1. The number of amides is 1. The standard InChI is InChI=1S/C15H30N4O2/c1-4-16-15(17-8-9-20)19-13-7-5-6-12(10-13)14(21)18-11(2)3/h11-13,20H,4-10H2,1-3H3,(H,18,21)(H2,16,17,19). The van der Waals surface area contributed by atoms with Gasteiger partial charge in [0.25, 0.3) is 0 Å². The van der Waals surface area contributed by atoms with Crippen molar-refractivity contribution in [3.8, 4) is 0 Å². The Labute approximate surface area is 127 Å². The van der Waals surface area contributed by atoms with Gasteiger partial charge in [0.15, 0.2) is 5.96 Å². The molecule has 0 aromatic heterocycles. The van der Waals surface area contributed by atoms with Crippen LogP contribution in [0.5, 0.6) is 0 Å². The van der Waals surface area contributed by atoms with E-state index in [4.69, 9.17) is 5.11 Å². The summed E-state index contributed by atoms with van der Waals surface area (Å²) in [5.74, 6) is 0.967. The van der Waals surface area contributed by atoms with Gasteiger partial charge in [-0.05, 0) is 40.0 Å². The van der Waals surface area contributed by atoms with Crippen LogP contribution < -0.4 is 16.0 Å². The Balaban J connectivity index is 2.52. The highest BCUT2D eigenvalue weighted by atomic mass is 16.3. The minimum Gasteiger partial charge on any atom is -0.394 e. The van der Waals surface area contributed by atoms with Crippen LogP contribution in [-0.4, -0.2) is 48.8 Å². The zero-order chi connectivity index (χ0) is 15.7. The van der Waals surface area contributed by atoms with E-state index in [2.05, 4.69) is 20.9 Å². The van der Waals surface area contributed by atoms with Gasteiger partial charge < -0.3 is 21.1 Å². The monoisotopic (exact) mass is 298 g/mol. The molecule has 122 valence electrons. The maximum Gasteiger partial charge on any atom is 0.223 e. The minimum atomic E-state index is 0.0423. The highest BCUT2D eigenvalue weighted by molar-refractivity contribution is 5.81. The van der Waals surface area contributed by atoms with Gasteiger partial charge in [0, 0.05) is 24.5 Å². The molecule has 0 heterocycles. The molecule has 0 aromatic carbocycles.